The predicted octanol–water partition coefficient (Wildman–Crippen LogP) is 3.98. The highest BCUT2D eigenvalue weighted by Gasteiger charge is 2.26. The summed E-state index contributed by atoms with van der Waals surface area (Å²) in [6, 6.07) is 14.9. The van der Waals surface area contributed by atoms with Gasteiger partial charge in [0, 0.05) is 43.8 Å². The van der Waals surface area contributed by atoms with Crippen molar-refractivity contribution in [2.75, 3.05) is 19.7 Å². The Balaban J connectivity index is 1.37. The highest BCUT2D eigenvalue weighted by Crippen LogP contribution is 2.27. The van der Waals surface area contributed by atoms with Crippen LogP contribution in [0.1, 0.15) is 28.5 Å². The molecule has 6 heteroatoms. The van der Waals surface area contributed by atoms with E-state index in [-0.39, 0.29) is 6.10 Å². The van der Waals surface area contributed by atoms with E-state index in [1.165, 1.54) is 16.7 Å². The second-order valence-corrected chi connectivity index (χ2v) is 8.05. The third-order valence-corrected chi connectivity index (χ3v) is 5.60. The number of ether oxygens (including phenoxy) is 1. The lowest BCUT2D eigenvalue weighted by atomic mass is 10.1. The molecule has 1 aliphatic rings. The first-order valence-electron chi connectivity index (χ1n) is 10.3. The molecule has 6 nitrogen and oxygen atoms in total. The molecule has 152 valence electrons. The Bertz CT molecular complexity index is 1150. The number of fused-ring (bicyclic) bond motifs is 1. The van der Waals surface area contributed by atoms with Crippen molar-refractivity contribution in [1.82, 2.24) is 24.7 Å². The van der Waals surface area contributed by atoms with E-state index < -0.39 is 0 Å². The molecule has 1 unspecified atom stereocenters. The van der Waals surface area contributed by atoms with Crippen molar-refractivity contribution in [3.05, 3.63) is 83.4 Å². The summed E-state index contributed by atoms with van der Waals surface area (Å²) in [5, 5.41) is 8.84. The molecule has 0 saturated carbocycles. The number of hydrogen-bond donors (Lipinski definition) is 0. The zero-order valence-electron chi connectivity index (χ0n) is 17.3. The third kappa shape index (κ3) is 3.84. The number of aromatic nitrogens is 4. The van der Waals surface area contributed by atoms with Gasteiger partial charge in [0.05, 0.1) is 12.1 Å². The summed E-state index contributed by atoms with van der Waals surface area (Å²) >= 11 is 0. The first-order valence-corrected chi connectivity index (χ1v) is 10.3. The van der Waals surface area contributed by atoms with E-state index in [4.69, 9.17) is 4.74 Å². The van der Waals surface area contributed by atoms with Crippen LogP contribution < -0.4 is 0 Å². The molecule has 1 fully saturated rings. The number of rotatable bonds is 4. The van der Waals surface area contributed by atoms with E-state index in [0.717, 1.165) is 42.0 Å². The van der Waals surface area contributed by atoms with Crippen molar-refractivity contribution in [3.63, 3.8) is 0 Å². The van der Waals surface area contributed by atoms with Crippen molar-refractivity contribution in [2.45, 2.75) is 26.5 Å². The average molecular weight is 399 g/mol. The minimum atomic E-state index is -0.0751. The van der Waals surface area contributed by atoms with Crippen LogP contribution in [-0.2, 0) is 11.3 Å². The van der Waals surface area contributed by atoms with Gasteiger partial charge in [0.1, 0.15) is 11.8 Å². The van der Waals surface area contributed by atoms with Crippen LogP contribution in [0.2, 0.25) is 0 Å². The molecular formula is C24H25N5O. The van der Waals surface area contributed by atoms with Crippen molar-refractivity contribution in [3.8, 4) is 11.1 Å². The van der Waals surface area contributed by atoms with Crippen molar-refractivity contribution >= 4 is 5.52 Å². The molecule has 1 atom stereocenters. The van der Waals surface area contributed by atoms with Gasteiger partial charge < -0.3 is 4.74 Å². The molecule has 0 bridgehead atoms. The largest absolute Gasteiger partial charge is 0.369 e. The molecule has 0 N–H and O–H groups in total. The fourth-order valence-electron chi connectivity index (χ4n) is 4.29. The van der Waals surface area contributed by atoms with Crippen LogP contribution >= 0.6 is 0 Å². The Labute approximate surface area is 176 Å². The van der Waals surface area contributed by atoms with Crippen LogP contribution in [0.15, 0.2) is 61.1 Å². The fourth-order valence-corrected chi connectivity index (χ4v) is 4.29. The quantitative estimate of drug-likeness (QED) is 0.520. The Morgan fingerprint density at radius 3 is 2.60 bits per heavy atom. The van der Waals surface area contributed by atoms with Gasteiger partial charge in [-0.2, -0.15) is 0 Å². The van der Waals surface area contributed by atoms with Crippen molar-refractivity contribution in [2.24, 2.45) is 0 Å². The number of morpholine rings is 1. The molecule has 1 saturated heterocycles. The normalized spacial score (nSPS) is 17.5. The van der Waals surface area contributed by atoms with E-state index in [0.29, 0.717) is 6.61 Å². The highest BCUT2D eigenvalue weighted by molar-refractivity contribution is 5.65. The number of pyridine rings is 2. The standard InChI is InChI=1S/C24H25N5O/c1-17-11-18(2)13-19(12-17)14-28-9-10-30-23(16-28)24-22-4-3-21(15-29(22)27-26-24)20-5-7-25-8-6-20/h3-8,11-13,15,23H,9-10,14,16H2,1-2H3. The Morgan fingerprint density at radius 2 is 1.80 bits per heavy atom. The Hall–Kier alpha value is -3.09. The molecule has 4 heterocycles. The van der Waals surface area contributed by atoms with Crippen LogP contribution in [0.5, 0.6) is 0 Å². The second-order valence-electron chi connectivity index (χ2n) is 8.05. The average Bonchev–Trinajstić information content (AvgIpc) is 3.17. The third-order valence-electron chi connectivity index (χ3n) is 5.60. The van der Waals surface area contributed by atoms with Crippen molar-refractivity contribution < 1.29 is 4.74 Å². The first-order chi connectivity index (χ1) is 14.7. The summed E-state index contributed by atoms with van der Waals surface area (Å²) in [6.45, 7) is 7.67. The smallest absolute Gasteiger partial charge is 0.121 e. The topological polar surface area (TPSA) is 55.5 Å². The summed E-state index contributed by atoms with van der Waals surface area (Å²) in [5.41, 5.74) is 8.06. The monoisotopic (exact) mass is 399 g/mol. The lowest BCUT2D eigenvalue weighted by Gasteiger charge is -2.32. The van der Waals surface area contributed by atoms with Gasteiger partial charge >= 0.3 is 0 Å². The van der Waals surface area contributed by atoms with Gasteiger partial charge in [-0.3, -0.25) is 9.88 Å². The number of hydrogen-bond acceptors (Lipinski definition) is 5. The summed E-state index contributed by atoms with van der Waals surface area (Å²) in [6.07, 6.45) is 5.53. The SMILES string of the molecule is Cc1cc(C)cc(CN2CCOC(c3nnn4cc(-c5ccncc5)ccc34)C2)c1. The van der Waals surface area contributed by atoms with Crippen LogP contribution in [0.4, 0.5) is 0 Å². The summed E-state index contributed by atoms with van der Waals surface area (Å²) in [4.78, 5) is 6.53. The van der Waals surface area contributed by atoms with Crippen molar-refractivity contribution in [1.29, 1.82) is 0 Å². The van der Waals surface area contributed by atoms with Gasteiger partial charge in [0.2, 0.25) is 0 Å². The van der Waals surface area contributed by atoms with Gasteiger partial charge in [-0.1, -0.05) is 40.6 Å². The zero-order chi connectivity index (χ0) is 20.5. The van der Waals surface area contributed by atoms with E-state index in [9.17, 15) is 0 Å². The molecule has 1 aliphatic heterocycles. The highest BCUT2D eigenvalue weighted by atomic mass is 16.5. The Morgan fingerprint density at radius 1 is 1.00 bits per heavy atom. The van der Waals surface area contributed by atoms with E-state index >= 15 is 0 Å². The molecule has 0 aliphatic carbocycles. The summed E-state index contributed by atoms with van der Waals surface area (Å²) < 4.78 is 7.94. The van der Waals surface area contributed by atoms with E-state index in [1.54, 1.807) is 12.4 Å². The molecule has 0 radical (unpaired) electrons. The molecule has 4 aromatic rings. The number of benzene rings is 1. The predicted molar refractivity (Wildman–Crippen MR) is 116 cm³/mol. The van der Waals surface area contributed by atoms with Crippen LogP contribution in [0.3, 0.4) is 0 Å². The molecular weight excluding hydrogens is 374 g/mol. The Kier molecular flexibility index (Phi) is 5.02. The van der Waals surface area contributed by atoms with Crippen LogP contribution in [-0.4, -0.2) is 44.4 Å². The van der Waals surface area contributed by atoms with E-state index in [1.807, 2.05) is 22.8 Å². The number of aryl methyl sites for hydroxylation is 2. The minimum absolute atomic E-state index is 0.0751. The minimum Gasteiger partial charge on any atom is -0.369 e. The van der Waals surface area contributed by atoms with Gasteiger partial charge in [-0.05, 0) is 43.2 Å². The molecule has 0 amide bonds. The first kappa shape index (κ1) is 18.9. The summed E-state index contributed by atoms with van der Waals surface area (Å²) in [7, 11) is 0. The zero-order valence-corrected chi connectivity index (χ0v) is 17.3. The van der Waals surface area contributed by atoms with Gasteiger partial charge in [-0.15, -0.1) is 5.10 Å². The number of nitrogens with zero attached hydrogens (tertiary/aromatic N) is 5. The molecule has 0 spiro atoms. The maximum Gasteiger partial charge on any atom is 0.121 e. The van der Waals surface area contributed by atoms with Crippen LogP contribution in [0, 0.1) is 13.8 Å². The van der Waals surface area contributed by atoms with Gasteiger partial charge in [-0.25, -0.2) is 4.52 Å². The molecule has 5 rings (SSSR count). The lowest BCUT2D eigenvalue weighted by Crippen LogP contribution is -2.38. The van der Waals surface area contributed by atoms with Gasteiger partial charge in [0.15, 0.2) is 0 Å². The van der Waals surface area contributed by atoms with Crippen LogP contribution in [0.25, 0.3) is 16.6 Å². The van der Waals surface area contributed by atoms with E-state index in [2.05, 4.69) is 64.4 Å². The fraction of sp³-hybridized carbons (Fsp3) is 0.292. The van der Waals surface area contributed by atoms with Gasteiger partial charge in [0.25, 0.3) is 0 Å². The summed E-state index contributed by atoms with van der Waals surface area (Å²) in [5.74, 6) is 0. The lowest BCUT2D eigenvalue weighted by molar-refractivity contribution is -0.0343. The molecule has 1 aromatic carbocycles. The second kappa shape index (κ2) is 7.97. The maximum absolute atomic E-state index is 6.09. The molecule has 30 heavy (non-hydrogen) atoms. The molecule has 3 aromatic heterocycles. The maximum atomic E-state index is 6.09.